The van der Waals surface area contributed by atoms with Crippen molar-refractivity contribution >= 4 is 11.7 Å². The molecule has 3 rings (SSSR count). The number of hydrogen-bond donors (Lipinski definition) is 1. The van der Waals surface area contributed by atoms with Crippen LogP contribution in [0.5, 0.6) is 0 Å². The fourth-order valence-electron chi connectivity index (χ4n) is 3.28. The molecule has 2 aromatic heterocycles. The van der Waals surface area contributed by atoms with Gasteiger partial charge in [-0.15, -0.1) is 0 Å². The van der Waals surface area contributed by atoms with Gasteiger partial charge in [-0.3, -0.25) is 4.79 Å². The normalized spacial score (nSPS) is 17.5. The van der Waals surface area contributed by atoms with Gasteiger partial charge in [0.1, 0.15) is 5.82 Å². The average molecular weight is 343 g/mol. The monoisotopic (exact) mass is 343 g/mol. The van der Waals surface area contributed by atoms with Crippen molar-refractivity contribution in [1.29, 1.82) is 0 Å². The largest absolute Gasteiger partial charge is 0.395 e. The summed E-state index contributed by atoms with van der Waals surface area (Å²) in [7, 11) is 1.87. The first-order valence-electron chi connectivity index (χ1n) is 8.70. The van der Waals surface area contributed by atoms with Crippen LogP contribution in [0, 0.1) is 5.92 Å². The maximum atomic E-state index is 12.8. The zero-order valence-corrected chi connectivity index (χ0v) is 14.6. The molecule has 1 saturated heterocycles. The minimum absolute atomic E-state index is 0.0409. The third-order valence-corrected chi connectivity index (χ3v) is 4.66. The molecule has 7 nitrogen and oxygen atoms in total. The maximum Gasteiger partial charge on any atom is 0.255 e. The number of aliphatic hydroxyl groups is 1. The van der Waals surface area contributed by atoms with E-state index in [0.29, 0.717) is 18.0 Å². The zero-order chi connectivity index (χ0) is 17.6. The molecule has 1 amide bonds. The summed E-state index contributed by atoms with van der Waals surface area (Å²) in [6, 6.07) is 3.65. The summed E-state index contributed by atoms with van der Waals surface area (Å²) in [6.07, 6.45) is 9.36. The average Bonchev–Trinajstić information content (AvgIpc) is 3.15. The van der Waals surface area contributed by atoms with Crippen LogP contribution in [-0.4, -0.2) is 63.7 Å². The second kappa shape index (κ2) is 8.11. The Balaban J connectivity index is 1.61. The van der Waals surface area contributed by atoms with E-state index < -0.39 is 0 Å². The van der Waals surface area contributed by atoms with Gasteiger partial charge in [0.05, 0.1) is 18.5 Å². The minimum atomic E-state index is 0.0409. The standard InChI is InChI=1S/C18H25N5O2/c1-21(9-10-24)17-5-4-16(11-20-17)18(25)23-7-2-3-15(13-23)12-22-8-6-19-14-22/h4-6,8,11,14-15,24H,2-3,7,9-10,12-13H2,1H3. The van der Waals surface area contributed by atoms with Crippen molar-refractivity contribution in [3.05, 3.63) is 42.6 Å². The van der Waals surface area contributed by atoms with Gasteiger partial charge in [0.2, 0.25) is 0 Å². The summed E-state index contributed by atoms with van der Waals surface area (Å²) >= 11 is 0. The highest BCUT2D eigenvalue weighted by molar-refractivity contribution is 5.94. The molecule has 134 valence electrons. The molecule has 0 bridgehead atoms. The highest BCUT2D eigenvalue weighted by Crippen LogP contribution is 2.20. The predicted octanol–water partition coefficient (Wildman–Crippen LogP) is 1.26. The van der Waals surface area contributed by atoms with E-state index in [4.69, 9.17) is 5.11 Å². The van der Waals surface area contributed by atoms with Crippen molar-refractivity contribution in [2.75, 3.05) is 38.2 Å². The number of aromatic nitrogens is 3. The van der Waals surface area contributed by atoms with Crippen LogP contribution in [0.15, 0.2) is 37.1 Å². The van der Waals surface area contributed by atoms with E-state index in [0.717, 1.165) is 38.3 Å². The van der Waals surface area contributed by atoms with Crippen molar-refractivity contribution in [3.63, 3.8) is 0 Å². The topological polar surface area (TPSA) is 74.5 Å². The number of likely N-dealkylation sites (N-methyl/N-ethyl adjacent to an activating group) is 1. The summed E-state index contributed by atoms with van der Waals surface area (Å²) in [5, 5.41) is 8.99. The summed E-state index contributed by atoms with van der Waals surface area (Å²) in [5.74, 6) is 1.25. The molecule has 1 fully saturated rings. The van der Waals surface area contributed by atoms with Crippen LogP contribution in [0.4, 0.5) is 5.82 Å². The third-order valence-electron chi connectivity index (χ3n) is 4.66. The molecular formula is C18H25N5O2. The Morgan fingerprint density at radius 3 is 3.00 bits per heavy atom. The van der Waals surface area contributed by atoms with Gasteiger partial charge in [0.25, 0.3) is 5.91 Å². The quantitative estimate of drug-likeness (QED) is 0.855. The Hall–Kier alpha value is -2.41. The lowest BCUT2D eigenvalue weighted by Gasteiger charge is -2.33. The molecular weight excluding hydrogens is 318 g/mol. The van der Waals surface area contributed by atoms with Gasteiger partial charge in [0, 0.05) is 51.8 Å². The van der Waals surface area contributed by atoms with E-state index in [1.807, 2.05) is 41.5 Å². The highest BCUT2D eigenvalue weighted by Gasteiger charge is 2.25. The van der Waals surface area contributed by atoms with Crippen LogP contribution in [-0.2, 0) is 6.54 Å². The van der Waals surface area contributed by atoms with Gasteiger partial charge in [-0.1, -0.05) is 0 Å². The number of nitrogens with zero attached hydrogens (tertiary/aromatic N) is 5. The van der Waals surface area contributed by atoms with Crippen molar-refractivity contribution in [2.24, 2.45) is 5.92 Å². The molecule has 1 N–H and O–H groups in total. The molecule has 0 spiro atoms. The molecule has 7 heteroatoms. The number of anilines is 1. The summed E-state index contributed by atoms with van der Waals surface area (Å²) in [6.45, 7) is 3.05. The fraction of sp³-hybridized carbons (Fsp3) is 0.500. The van der Waals surface area contributed by atoms with E-state index in [9.17, 15) is 4.79 Å². The van der Waals surface area contributed by atoms with Crippen LogP contribution >= 0.6 is 0 Å². The predicted molar refractivity (Wildman–Crippen MR) is 95.4 cm³/mol. The Morgan fingerprint density at radius 1 is 1.44 bits per heavy atom. The lowest BCUT2D eigenvalue weighted by atomic mass is 9.97. The van der Waals surface area contributed by atoms with Crippen LogP contribution in [0.25, 0.3) is 0 Å². The fourth-order valence-corrected chi connectivity index (χ4v) is 3.28. The van der Waals surface area contributed by atoms with E-state index >= 15 is 0 Å². The molecule has 0 saturated carbocycles. The molecule has 2 aromatic rings. The molecule has 1 aliphatic heterocycles. The number of amides is 1. The van der Waals surface area contributed by atoms with Gasteiger partial charge < -0.3 is 19.5 Å². The highest BCUT2D eigenvalue weighted by atomic mass is 16.3. The molecule has 1 atom stereocenters. The number of piperidine rings is 1. The number of imidazole rings is 1. The molecule has 1 unspecified atom stereocenters. The van der Waals surface area contributed by atoms with E-state index in [-0.39, 0.29) is 12.5 Å². The smallest absolute Gasteiger partial charge is 0.255 e. The second-order valence-electron chi connectivity index (χ2n) is 6.57. The summed E-state index contributed by atoms with van der Waals surface area (Å²) < 4.78 is 2.08. The Morgan fingerprint density at radius 2 is 2.32 bits per heavy atom. The van der Waals surface area contributed by atoms with Gasteiger partial charge in [-0.05, 0) is 30.9 Å². The zero-order valence-electron chi connectivity index (χ0n) is 14.6. The van der Waals surface area contributed by atoms with E-state index in [1.165, 1.54) is 0 Å². The number of carbonyl (C=O) groups excluding carboxylic acids is 1. The van der Waals surface area contributed by atoms with Gasteiger partial charge in [-0.25, -0.2) is 9.97 Å². The minimum Gasteiger partial charge on any atom is -0.395 e. The van der Waals surface area contributed by atoms with Crippen LogP contribution in [0.2, 0.25) is 0 Å². The summed E-state index contributed by atoms with van der Waals surface area (Å²) in [4.78, 5) is 25.0. The van der Waals surface area contributed by atoms with Gasteiger partial charge in [-0.2, -0.15) is 0 Å². The number of carbonyl (C=O) groups is 1. The molecule has 3 heterocycles. The molecule has 0 aliphatic carbocycles. The van der Waals surface area contributed by atoms with Crippen LogP contribution in [0.1, 0.15) is 23.2 Å². The lowest BCUT2D eigenvalue weighted by molar-refractivity contribution is 0.0662. The van der Waals surface area contributed by atoms with Crippen molar-refractivity contribution in [2.45, 2.75) is 19.4 Å². The third kappa shape index (κ3) is 4.36. The van der Waals surface area contributed by atoms with E-state index in [2.05, 4.69) is 14.5 Å². The number of hydrogen-bond acceptors (Lipinski definition) is 5. The van der Waals surface area contributed by atoms with Crippen molar-refractivity contribution in [1.82, 2.24) is 19.4 Å². The Bertz CT molecular complexity index is 671. The molecule has 25 heavy (non-hydrogen) atoms. The lowest BCUT2D eigenvalue weighted by Crippen LogP contribution is -2.41. The first kappa shape index (κ1) is 17.4. The van der Waals surface area contributed by atoms with E-state index in [1.54, 1.807) is 12.4 Å². The second-order valence-corrected chi connectivity index (χ2v) is 6.57. The van der Waals surface area contributed by atoms with Gasteiger partial charge >= 0.3 is 0 Å². The number of pyridine rings is 1. The first-order chi connectivity index (χ1) is 12.2. The maximum absolute atomic E-state index is 12.8. The van der Waals surface area contributed by atoms with Crippen LogP contribution in [0.3, 0.4) is 0 Å². The Kier molecular flexibility index (Phi) is 5.65. The summed E-state index contributed by atoms with van der Waals surface area (Å²) in [5.41, 5.74) is 0.615. The van der Waals surface area contributed by atoms with Gasteiger partial charge in [0.15, 0.2) is 0 Å². The number of rotatable bonds is 6. The Labute approximate surface area is 147 Å². The molecule has 0 aromatic carbocycles. The van der Waals surface area contributed by atoms with Crippen LogP contribution < -0.4 is 4.90 Å². The van der Waals surface area contributed by atoms with Crippen molar-refractivity contribution in [3.8, 4) is 0 Å². The first-order valence-corrected chi connectivity index (χ1v) is 8.70. The molecule has 0 radical (unpaired) electrons. The molecule has 1 aliphatic rings. The number of aliphatic hydroxyl groups excluding tert-OH is 1. The van der Waals surface area contributed by atoms with Crippen molar-refractivity contribution < 1.29 is 9.90 Å². The number of likely N-dealkylation sites (tertiary alicyclic amines) is 1. The SMILES string of the molecule is CN(CCO)c1ccc(C(=O)N2CCCC(Cn3ccnc3)C2)cn1.